The summed E-state index contributed by atoms with van der Waals surface area (Å²) in [7, 11) is -4.54. The number of hydrogen-bond donors (Lipinski definition) is 2. The van der Waals surface area contributed by atoms with Gasteiger partial charge in [0.25, 0.3) is 0 Å². The van der Waals surface area contributed by atoms with Gasteiger partial charge in [0.1, 0.15) is 0 Å². The highest BCUT2D eigenvalue weighted by Gasteiger charge is 2.38. The first-order valence-corrected chi connectivity index (χ1v) is 10.3. The standard InChI is InChI=1S/C17H17F6N3O3S/c18-16(19,20)9-30(28,29)25-14-4-11-2-1-10(3-12(11)5-14)6-26-7-13(8-27)15(24-26)17(21,22)23/h1-3,7,14,25,27H,4-6,8-9H2/t14-/m0/s1. The van der Waals surface area contributed by atoms with Crippen LogP contribution in [0.5, 0.6) is 0 Å². The number of aliphatic hydroxyl groups excluding tert-OH is 1. The van der Waals surface area contributed by atoms with Crippen LogP contribution in [-0.4, -0.2) is 41.3 Å². The van der Waals surface area contributed by atoms with Crippen molar-refractivity contribution in [2.75, 3.05) is 5.75 Å². The minimum atomic E-state index is -4.85. The predicted molar refractivity (Wildman–Crippen MR) is 92.9 cm³/mol. The van der Waals surface area contributed by atoms with Crippen LogP contribution in [0.1, 0.15) is 27.9 Å². The summed E-state index contributed by atoms with van der Waals surface area (Å²) in [6.45, 7) is -0.848. The topological polar surface area (TPSA) is 84.2 Å². The number of nitrogens with one attached hydrogen (secondary N) is 1. The van der Waals surface area contributed by atoms with Gasteiger partial charge >= 0.3 is 12.4 Å². The Balaban J connectivity index is 1.71. The molecule has 0 amide bonds. The average Bonchev–Trinajstić information content (AvgIpc) is 3.14. The van der Waals surface area contributed by atoms with Crippen LogP contribution in [0.4, 0.5) is 26.3 Å². The van der Waals surface area contributed by atoms with Crippen molar-refractivity contribution in [1.82, 2.24) is 14.5 Å². The molecular weight excluding hydrogens is 440 g/mol. The molecule has 1 atom stereocenters. The second-order valence-corrected chi connectivity index (χ2v) is 8.81. The van der Waals surface area contributed by atoms with Gasteiger partial charge in [0.05, 0.1) is 13.2 Å². The molecule has 0 saturated heterocycles. The smallest absolute Gasteiger partial charge is 0.392 e. The Kier molecular flexibility index (Phi) is 5.91. The number of hydrogen-bond acceptors (Lipinski definition) is 4. The maximum absolute atomic E-state index is 12.9. The zero-order valence-electron chi connectivity index (χ0n) is 15.3. The van der Waals surface area contributed by atoms with Crippen LogP contribution in [0.25, 0.3) is 0 Å². The lowest BCUT2D eigenvalue weighted by Gasteiger charge is -2.13. The van der Waals surface area contributed by atoms with Crippen molar-refractivity contribution in [3.8, 4) is 0 Å². The highest BCUT2D eigenvalue weighted by atomic mass is 32.2. The number of halogens is 6. The van der Waals surface area contributed by atoms with Crippen LogP contribution in [0.2, 0.25) is 0 Å². The minimum Gasteiger partial charge on any atom is -0.392 e. The molecule has 1 aromatic heterocycles. The molecule has 166 valence electrons. The Hall–Kier alpha value is -2.12. The fraction of sp³-hybridized carbons (Fsp3) is 0.471. The first kappa shape index (κ1) is 22.6. The quantitative estimate of drug-likeness (QED) is 0.653. The highest BCUT2D eigenvalue weighted by molar-refractivity contribution is 7.89. The van der Waals surface area contributed by atoms with Crippen molar-refractivity contribution >= 4 is 10.0 Å². The van der Waals surface area contributed by atoms with Crippen molar-refractivity contribution < 1.29 is 39.9 Å². The van der Waals surface area contributed by atoms with Gasteiger partial charge in [0, 0.05) is 17.8 Å². The number of nitrogens with zero attached hydrogens (tertiary/aromatic N) is 2. The van der Waals surface area contributed by atoms with Gasteiger partial charge in [-0.05, 0) is 29.5 Å². The van der Waals surface area contributed by atoms with Crippen molar-refractivity contribution in [3.05, 3.63) is 52.3 Å². The van der Waals surface area contributed by atoms with Crippen LogP contribution in [0.3, 0.4) is 0 Å². The second kappa shape index (κ2) is 7.85. The van der Waals surface area contributed by atoms with Crippen LogP contribution >= 0.6 is 0 Å². The fourth-order valence-electron chi connectivity index (χ4n) is 3.45. The van der Waals surface area contributed by atoms with Gasteiger partial charge in [0.2, 0.25) is 10.0 Å². The number of fused-ring (bicyclic) bond motifs is 1. The van der Waals surface area contributed by atoms with E-state index in [1.165, 1.54) is 0 Å². The Morgan fingerprint density at radius 2 is 1.80 bits per heavy atom. The van der Waals surface area contributed by atoms with E-state index in [2.05, 4.69) is 5.10 Å². The molecule has 0 bridgehead atoms. The molecule has 1 aromatic carbocycles. The molecular formula is C17H17F6N3O3S. The average molecular weight is 457 g/mol. The molecule has 0 saturated carbocycles. The summed E-state index contributed by atoms with van der Waals surface area (Å²) >= 11 is 0. The Morgan fingerprint density at radius 3 is 2.37 bits per heavy atom. The molecule has 0 radical (unpaired) electrons. The van der Waals surface area contributed by atoms with Crippen LogP contribution in [0, 0.1) is 0 Å². The minimum absolute atomic E-state index is 0.0270. The predicted octanol–water partition coefficient (Wildman–Crippen LogP) is 2.39. The summed E-state index contributed by atoms with van der Waals surface area (Å²) in [6, 6.07) is 4.20. The number of sulfonamides is 1. The van der Waals surface area contributed by atoms with E-state index in [1.54, 1.807) is 18.2 Å². The van der Waals surface area contributed by atoms with Gasteiger partial charge < -0.3 is 5.11 Å². The molecule has 1 heterocycles. The van der Waals surface area contributed by atoms with Crippen molar-refractivity contribution in [2.24, 2.45) is 0 Å². The first-order valence-electron chi connectivity index (χ1n) is 8.67. The molecule has 2 aromatic rings. The Bertz CT molecular complexity index is 1030. The number of aliphatic hydroxyl groups is 1. The number of benzene rings is 1. The van der Waals surface area contributed by atoms with Crippen molar-refractivity contribution in [3.63, 3.8) is 0 Å². The molecule has 2 N–H and O–H groups in total. The van der Waals surface area contributed by atoms with Gasteiger partial charge in [-0.15, -0.1) is 0 Å². The summed E-state index contributed by atoms with van der Waals surface area (Å²) < 4.78 is 102. The Morgan fingerprint density at radius 1 is 1.13 bits per heavy atom. The van der Waals surface area contributed by atoms with Crippen LogP contribution in [-0.2, 0) is 42.2 Å². The van der Waals surface area contributed by atoms with Crippen LogP contribution < -0.4 is 4.72 Å². The summed E-state index contributed by atoms with van der Waals surface area (Å²) in [5, 5.41) is 12.6. The lowest BCUT2D eigenvalue weighted by atomic mass is 10.1. The number of alkyl halides is 6. The molecule has 1 aliphatic rings. The van der Waals surface area contributed by atoms with Gasteiger partial charge in [-0.25, -0.2) is 13.1 Å². The molecule has 13 heteroatoms. The third-order valence-electron chi connectivity index (χ3n) is 4.52. The van der Waals surface area contributed by atoms with Gasteiger partial charge in [-0.3, -0.25) is 4.68 Å². The van der Waals surface area contributed by atoms with E-state index < -0.39 is 46.5 Å². The largest absolute Gasteiger partial charge is 0.435 e. The van der Waals surface area contributed by atoms with E-state index in [4.69, 9.17) is 5.11 Å². The molecule has 0 aliphatic heterocycles. The van der Waals surface area contributed by atoms with Gasteiger partial charge in [-0.2, -0.15) is 31.4 Å². The molecule has 3 rings (SSSR count). The SMILES string of the molecule is O=S(=O)(CC(F)(F)F)N[C@H]1Cc2ccc(Cn3cc(CO)c(C(F)(F)F)n3)cc2C1. The molecule has 6 nitrogen and oxygen atoms in total. The van der Waals surface area contributed by atoms with Gasteiger partial charge in [0.15, 0.2) is 11.4 Å². The number of aromatic nitrogens is 2. The summed E-state index contributed by atoms with van der Waals surface area (Å²) in [5.41, 5.74) is 0.477. The molecule has 0 spiro atoms. The van der Waals surface area contributed by atoms with Crippen molar-refractivity contribution in [2.45, 2.75) is 44.4 Å². The Labute approximate surface area is 167 Å². The van der Waals surface area contributed by atoms with E-state index in [0.29, 0.717) is 11.1 Å². The van der Waals surface area contributed by atoms with Crippen LogP contribution in [0.15, 0.2) is 24.4 Å². The lowest BCUT2D eigenvalue weighted by molar-refractivity contribution is -0.142. The van der Waals surface area contributed by atoms with Crippen molar-refractivity contribution in [1.29, 1.82) is 0 Å². The maximum Gasteiger partial charge on any atom is 0.435 e. The first-order chi connectivity index (χ1) is 13.8. The van der Waals surface area contributed by atoms with E-state index in [-0.39, 0.29) is 24.9 Å². The zero-order chi connectivity index (χ0) is 22.3. The molecule has 30 heavy (non-hydrogen) atoms. The zero-order valence-corrected chi connectivity index (χ0v) is 16.1. The number of rotatable bonds is 6. The monoisotopic (exact) mass is 457 g/mol. The third kappa shape index (κ3) is 5.52. The van der Waals surface area contributed by atoms with Gasteiger partial charge in [-0.1, -0.05) is 18.2 Å². The summed E-state index contributed by atoms with van der Waals surface area (Å²) in [6.07, 6.45) is -8.10. The third-order valence-corrected chi connectivity index (χ3v) is 5.92. The lowest BCUT2D eigenvalue weighted by Crippen LogP contribution is -2.40. The summed E-state index contributed by atoms with van der Waals surface area (Å²) in [4.78, 5) is 0. The summed E-state index contributed by atoms with van der Waals surface area (Å²) in [5.74, 6) is -1.97. The maximum atomic E-state index is 12.9. The van der Waals surface area contributed by atoms with E-state index in [9.17, 15) is 34.8 Å². The normalized spacial score (nSPS) is 17.4. The van der Waals surface area contributed by atoms with E-state index >= 15 is 0 Å². The fourth-order valence-corrected chi connectivity index (χ4v) is 4.64. The highest BCUT2D eigenvalue weighted by Crippen LogP contribution is 2.31. The molecule has 0 fully saturated rings. The second-order valence-electron chi connectivity index (χ2n) is 7.06. The molecule has 1 aliphatic carbocycles. The van der Waals surface area contributed by atoms with E-state index in [1.807, 2.05) is 4.72 Å². The van der Waals surface area contributed by atoms with E-state index in [0.717, 1.165) is 16.4 Å². The molecule has 0 unspecified atom stereocenters.